The average molecular weight is 473 g/mol. The van der Waals surface area contributed by atoms with Gasteiger partial charge in [0.05, 0.1) is 35.8 Å². The van der Waals surface area contributed by atoms with Crippen LogP contribution < -0.4 is 15.4 Å². The maximum Gasteiger partial charge on any atom is 0.236 e. The van der Waals surface area contributed by atoms with Gasteiger partial charge in [-0.05, 0) is 64.1 Å². The molecule has 0 bridgehead atoms. The number of nitrogens with one attached hydrogen (secondary N) is 2. The van der Waals surface area contributed by atoms with Crippen molar-refractivity contribution in [3.63, 3.8) is 0 Å². The van der Waals surface area contributed by atoms with Gasteiger partial charge in [-0.1, -0.05) is 0 Å². The van der Waals surface area contributed by atoms with Gasteiger partial charge in [-0.3, -0.25) is 10.1 Å². The molecule has 1 atom stereocenters. The van der Waals surface area contributed by atoms with Crippen LogP contribution in [0, 0.1) is 5.82 Å². The van der Waals surface area contributed by atoms with E-state index in [4.69, 9.17) is 14.5 Å². The van der Waals surface area contributed by atoms with Crippen LogP contribution in [-0.4, -0.2) is 52.0 Å². The van der Waals surface area contributed by atoms with Crippen LogP contribution in [0.2, 0.25) is 0 Å². The van der Waals surface area contributed by atoms with Gasteiger partial charge < -0.3 is 24.5 Å². The number of carbonyl (C=O) groups excluding carboxylic acids is 1. The number of amides is 1. The molecule has 0 aliphatic carbocycles. The Kier molecular flexibility index (Phi) is 8.60. The van der Waals surface area contributed by atoms with Gasteiger partial charge in [-0.15, -0.1) is 0 Å². The predicted octanol–water partition coefficient (Wildman–Crippen LogP) is 3.37. The minimum Gasteiger partial charge on any atom is -0.457 e. The zero-order valence-electron chi connectivity index (χ0n) is 20.1. The largest absolute Gasteiger partial charge is 0.457 e. The van der Waals surface area contributed by atoms with E-state index < -0.39 is 11.6 Å². The Morgan fingerprint density at radius 1 is 1.21 bits per heavy atom. The lowest BCUT2D eigenvalue weighted by Crippen LogP contribution is -2.46. The van der Waals surface area contributed by atoms with E-state index in [-0.39, 0.29) is 18.3 Å². The molecule has 9 heteroatoms. The molecule has 1 aromatic heterocycles. The van der Waals surface area contributed by atoms with Crippen LogP contribution >= 0.6 is 0 Å². The minimum absolute atomic E-state index is 0.168. The van der Waals surface area contributed by atoms with Crippen molar-refractivity contribution in [3.8, 4) is 11.5 Å². The monoisotopic (exact) mass is 472 g/mol. The van der Waals surface area contributed by atoms with Crippen molar-refractivity contribution in [1.82, 2.24) is 20.2 Å². The Morgan fingerprint density at radius 3 is 2.59 bits per heavy atom. The third-order valence-corrected chi connectivity index (χ3v) is 5.17. The fourth-order valence-electron chi connectivity index (χ4n) is 3.33. The minimum atomic E-state index is -0.976. The number of imidazole rings is 1. The summed E-state index contributed by atoms with van der Waals surface area (Å²) < 4.78 is 26.7. The summed E-state index contributed by atoms with van der Waals surface area (Å²) in [5.41, 5.74) is 0.685. The molecule has 0 saturated carbocycles. The summed E-state index contributed by atoms with van der Waals surface area (Å²) in [4.78, 5) is 17.1. The van der Waals surface area contributed by atoms with Gasteiger partial charge in [0.1, 0.15) is 23.1 Å². The third kappa shape index (κ3) is 7.24. The van der Waals surface area contributed by atoms with Gasteiger partial charge in [-0.25, -0.2) is 9.37 Å². The number of benzene rings is 2. The number of carbonyl (C=O) groups is 1. The first-order chi connectivity index (χ1) is 16.2. The van der Waals surface area contributed by atoms with Gasteiger partial charge in [-0.2, -0.15) is 0 Å². The number of nitrogens with zero attached hydrogens (tertiary/aromatic N) is 2. The fraction of sp³-hybridized carbons (Fsp3) is 0.440. The highest BCUT2D eigenvalue weighted by Gasteiger charge is 2.19. The summed E-state index contributed by atoms with van der Waals surface area (Å²) in [5, 5.41) is 15.8. The molecule has 184 valence electrons. The molecular weight excluding hydrogens is 439 g/mol. The molecule has 8 nitrogen and oxygen atoms in total. The Bertz CT molecular complexity index is 1090. The van der Waals surface area contributed by atoms with Crippen LogP contribution in [0.4, 0.5) is 4.39 Å². The molecule has 0 aliphatic heterocycles. The van der Waals surface area contributed by atoms with Gasteiger partial charge in [0.2, 0.25) is 5.91 Å². The molecular formula is C25H33FN4O4. The Balaban J connectivity index is 1.77. The number of fused-ring (bicyclic) bond motifs is 1. The second-order valence-corrected chi connectivity index (χ2v) is 8.72. The van der Waals surface area contributed by atoms with E-state index in [0.29, 0.717) is 37.8 Å². The van der Waals surface area contributed by atoms with Crippen LogP contribution in [-0.2, 0) is 22.6 Å². The maximum atomic E-state index is 13.2. The summed E-state index contributed by atoms with van der Waals surface area (Å²) in [5.74, 6) is 1.38. The molecule has 0 radical (unpaired) electrons. The van der Waals surface area contributed by atoms with Crippen LogP contribution in [0.1, 0.15) is 33.5 Å². The second-order valence-electron chi connectivity index (χ2n) is 8.72. The molecule has 1 unspecified atom stereocenters. The molecule has 3 aromatic rings. The number of hydrogen-bond acceptors (Lipinski definition) is 6. The quantitative estimate of drug-likeness (QED) is 0.350. The molecule has 2 aromatic carbocycles. The normalized spacial score (nSPS) is 12.6. The van der Waals surface area contributed by atoms with Crippen LogP contribution in [0.3, 0.4) is 0 Å². The van der Waals surface area contributed by atoms with Crippen molar-refractivity contribution in [2.24, 2.45) is 0 Å². The van der Waals surface area contributed by atoms with Crippen LogP contribution in [0.15, 0.2) is 42.5 Å². The zero-order chi connectivity index (χ0) is 24.7. The SMILES string of the molecule is CCOCCn1c(CNC(C)C(=O)NCC(C)(C)O)nc2ccc(Oc3ccc(F)cc3)cc21. The molecule has 0 fully saturated rings. The van der Waals surface area contributed by atoms with Crippen molar-refractivity contribution in [3.05, 3.63) is 54.1 Å². The first-order valence-electron chi connectivity index (χ1n) is 11.4. The van der Waals surface area contributed by atoms with E-state index >= 15 is 0 Å². The molecule has 1 amide bonds. The van der Waals surface area contributed by atoms with E-state index in [9.17, 15) is 14.3 Å². The number of aromatic nitrogens is 2. The summed E-state index contributed by atoms with van der Waals surface area (Å²) in [6.07, 6.45) is 0. The lowest BCUT2D eigenvalue weighted by atomic mass is 10.1. The van der Waals surface area contributed by atoms with E-state index in [1.54, 1.807) is 32.9 Å². The topological polar surface area (TPSA) is 97.6 Å². The number of rotatable bonds is 12. The van der Waals surface area contributed by atoms with Crippen molar-refractivity contribution < 1.29 is 23.8 Å². The highest BCUT2D eigenvalue weighted by atomic mass is 19.1. The predicted molar refractivity (Wildman–Crippen MR) is 128 cm³/mol. The lowest BCUT2D eigenvalue weighted by molar-refractivity contribution is -0.123. The van der Waals surface area contributed by atoms with Gasteiger partial charge in [0, 0.05) is 25.8 Å². The summed E-state index contributed by atoms with van der Waals surface area (Å²) >= 11 is 0. The molecule has 1 heterocycles. The van der Waals surface area contributed by atoms with Crippen molar-refractivity contribution in [1.29, 1.82) is 0 Å². The summed E-state index contributed by atoms with van der Waals surface area (Å²) in [6, 6.07) is 11.0. The summed E-state index contributed by atoms with van der Waals surface area (Å²) in [6.45, 7) is 9.23. The Labute approximate surface area is 199 Å². The highest BCUT2D eigenvalue weighted by Crippen LogP contribution is 2.26. The number of halogens is 1. The number of hydrogen-bond donors (Lipinski definition) is 3. The Morgan fingerprint density at radius 2 is 1.91 bits per heavy atom. The van der Waals surface area contributed by atoms with Crippen LogP contribution in [0.25, 0.3) is 11.0 Å². The van der Waals surface area contributed by atoms with E-state index in [1.807, 2.05) is 29.7 Å². The molecule has 3 N–H and O–H groups in total. The molecule has 34 heavy (non-hydrogen) atoms. The lowest BCUT2D eigenvalue weighted by Gasteiger charge is -2.20. The van der Waals surface area contributed by atoms with E-state index in [2.05, 4.69) is 10.6 Å². The van der Waals surface area contributed by atoms with Gasteiger partial charge in [0.15, 0.2) is 0 Å². The Hall–Kier alpha value is -3.01. The zero-order valence-corrected chi connectivity index (χ0v) is 20.1. The van der Waals surface area contributed by atoms with E-state index in [1.165, 1.54) is 12.1 Å². The van der Waals surface area contributed by atoms with Crippen molar-refractivity contribution in [2.45, 2.75) is 52.4 Å². The van der Waals surface area contributed by atoms with Gasteiger partial charge in [0.25, 0.3) is 0 Å². The summed E-state index contributed by atoms with van der Waals surface area (Å²) in [7, 11) is 0. The first kappa shape index (κ1) is 25.6. The fourth-order valence-corrected chi connectivity index (χ4v) is 3.33. The molecule has 3 rings (SSSR count). The maximum absolute atomic E-state index is 13.2. The number of ether oxygens (including phenoxy) is 2. The smallest absolute Gasteiger partial charge is 0.236 e. The molecule has 0 aliphatic rings. The second kappa shape index (κ2) is 11.4. The average Bonchev–Trinajstić information content (AvgIpc) is 3.14. The standard InChI is InChI=1S/C25H33FN4O4/c1-5-33-13-12-30-22-14-20(34-19-8-6-18(26)7-9-19)10-11-21(22)29-23(30)15-27-17(2)24(31)28-16-25(3,4)32/h6-11,14,17,27,32H,5,12-13,15-16H2,1-4H3,(H,28,31). The van der Waals surface area contributed by atoms with Crippen molar-refractivity contribution >= 4 is 16.9 Å². The third-order valence-electron chi connectivity index (χ3n) is 5.17. The van der Waals surface area contributed by atoms with Crippen molar-refractivity contribution in [2.75, 3.05) is 19.8 Å². The number of aliphatic hydroxyl groups is 1. The van der Waals surface area contributed by atoms with Crippen LogP contribution in [0.5, 0.6) is 11.5 Å². The highest BCUT2D eigenvalue weighted by molar-refractivity contribution is 5.81. The first-order valence-corrected chi connectivity index (χ1v) is 11.4. The molecule has 0 spiro atoms. The van der Waals surface area contributed by atoms with Gasteiger partial charge >= 0.3 is 0 Å². The molecule has 0 saturated heterocycles. The van der Waals surface area contributed by atoms with E-state index in [0.717, 1.165) is 16.9 Å².